The fourth-order valence-corrected chi connectivity index (χ4v) is 15.4. The maximum absolute atomic E-state index is 15.2. The van der Waals surface area contributed by atoms with Crippen molar-refractivity contribution in [3.8, 4) is 5.75 Å². The lowest BCUT2D eigenvalue weighted by Gasteiger charge is -2.35. The quantitative estimate of drug-likeness (QED) is 0.102. The molecule has 0 radical (unpaired) electrons. The van der Waals surface area contributed by atoms with E-state index in [1.807, 2.05) is 72.8 Å². The van der Waals surface area contributed by atoms with Crippen molar-refractivity contribution in [2.75, 3.05) is 78.5 Å². The second-order valence-electron chi connectivity index (χ2n) is 18.7. The molecule has 7 aromatic carbocycles. The third-order valence-electron chi connectivity index (χ3n) is 14.5. The molecule has 13 nitrogen and oxygen atoms in total. The molecule has 0 bridgehead atoms. The lowest BCUT2D eigenvalue weighted by atomic mass is 9.94. The molecule has 3 aliphatic heterocycles. The van der Waals surface area contributed by atoms with Crippen LogP contribution >= 0.6 is 0 Å². The molecule has 3 aliphatic rings. The second-order valence-corrected chi connectivity index (χ2v) is 24.4. The number of rotatable bonds is 15. The zero-order chi connectivity index (χ0) is 49.7. The van der Waals surface area contributed by atoms with E-state index in [4.69, 9.17) is 0 Å². The van der Waals surface area contributed by atoms with E-state index in [9.17, 15) is 13.5 Å². The van der Waals surface area contributed by atoms with Crippen molar-refractivity contribution in [2.45, 2.75) is 34.3 Å². The van der Waals surface area contributed by atoms with Crippen molar-refractivity contribution in [1.82, 2.24) is 27.6 Å². The van der Waals surface area contributed by atoms with Gasteiger partial charge in [0, 0.05) is 137 Å². The van der Waals surface area contributed by atoms with E-state index >= 15 is 16.8 Å². The van der Waals surface area contributed by atoms with Gasteiger partial charge in [0.1, 0.15) is 5.75 Å². The lowest BCUT2D eigenvalue weighted by Crippen LogP contribution is -2.48. The molecule has 7 aromatic rings. The number of benzene rings is 7. The van der Waals surface area contributed by atoms with Gasteiger partial charge in [-0.3, -0.25) is 14.7 Å². The number of phenols is 1. The Morgan fingerprint density at radius 3 is 0.944 bits per heavy atom. The first kappa shape index (κ1) is 48.8. The molecule has 0 atom stereocenters. The Morgan fingerprint density at radius 2 is 0.648 bits per heavy atom. The first-order chi connectivity index (χ1) is 34.2. The van der Waals surface area contributed by atoms with Gasteiger partial charge < -0.3 is 5.11 Å². The van der Waals surface area contributed by atoms with Crippen LogP contribution in [0.25, 0.3) is 50.5 Å². The van der Waals surface area contributed by atoms with Crippen LogP contribution in [0, 0.1) is 0 Å². The molecule has 3 fully saturated rings. The summed E-state index contributed by atoms with van der Waals surface area (Å²) >= 11 is 0. The number of hydrogen-bond acceptors (Lipinski definition) is 10. The van der Waals surface area contributed by atoms with Crippen molar-refractivity contribution in [1.29, 1.82) is 0 Å². The fraction of sp³-hybridized carbons (Fsp3) is 0.273. The molecule has 0 amide bonds. The molecule has 71 heavy (non-hydrogen) atoms. The highest BCUT2D eigenvalue weighted by Crippen LogP contribution is 2.46. The predicted molar refractivity (Wildman–Crippen MR) is 284 cm³/mol. The monoisotopic (exact) mass is 1010 g/mol. The van der Waals surface area contributed by atoms with Gasteiger partial charge in [0.15, 0.2) is 0 Å². The molecule has 3 saturated heterocycles. The zero-order valence-corrected chi connectivity index (χ0v) is 42.1. The van der Waals surface area contributed by atoms with Gasteiger partial charge in [0.05, 0.1) is 14.7 Å². The van der Waals surface area contributed by atoms with Gasteiger partial charge in [-0.1, -0.05) is 129 Å². The number of aromatic hydroxyl groups is 1. The van der Waals surface area contributed by atoms with Crippen molar-refractivity contribution in [3.63, 3.8) is 0 Å². The van der Waals surface area contributed by atoms with Crippen molar-refractivity contribution < 1.29 is 30.4 Å². The van der Waals surface area contributed by atoms with Crippen LogP contribution in [0.4, 0.5) is 0 Å². The van der Waals surface area contributed by atoms with Crippen LogP contribution in [0.15, 0.2) is 144 Å². The summed E-state index contributed by atoms with van der Waals surface area (Å²) in [4.78, 5) is 6.08. The smallest absolute Gasteiger partial charge is 0.243 e. The standard InChI is InChI=1S/C55H58N6O7S3/c1-4-40-7-13-43(14-8-40)37-56-23-29-59(30-24-56)69(63,64)51-35-50(62)46-19-20-48-52(70(65,66)60-31-25-57(26-32-60)38-44-15-9-41(5-2)10-16-44)36-53(49-22-21-47(51)54(46)55(48)49)71(67,68)61-33-27-58(28-34-61)39-45-17-11-42(6-3)12-18-45/h4-22,35-36,62H,1-3,23-34,37-39H2. The highest BCUT2D eigenvalue weighted by Gasteiger charge is 2.38. The summed E-state index contributed by atoms with van der Waals surface area (Å²) in [5, 5.41) is 13.3. The Bertz CT molecular complexity index is 3370. The van der Waals surface area contributed by atoms with Gasteiger partial charge in [-0.05, 0) is 45.5 Å². The minimum Gasteiger partial charge on any atom is -0.507 e. The van der Waals surface area contributed by atoms with Gasteiger partial charge in [-0.25, -0.2) is 25.3 Å². The Kier molecular flexibility index (Phi) is 13.5. The zero-order valence-electron chi connectivity index (χ0n) is 39.7. The topological polar surface area (TPSA) is 142 Å². The van der Waals surface area contributed by atoms with Crippen LogP contribution in [0.1, 0.15) is 33.4 Å². The molecule has 10 rings (SSSR count). The Morgan fingerprint density at radius 1 is 0.380 bits per heavy atom. The van der Waals surface area contributed by atoms with E-state index in [1.54, 1.807) is 42.5 Å². The summed E-state index contributed by atoms with van der Waals surface area (Å²) in [6, 6.07) is 33.2. The molecular formula is C55H58N6O7S3. The number of phenolic OH excluding ortho intramolecular Hbond substituents is 1. The summed E-state index contributed by atoms with van der Waals surface area (Å²) in [6.07, 6.45) is 5.36. The van der Waals surface area contributed by atoms with E-state index in [0.717, 1.165) is 33.4 Å². The highest BCUT2D eigenvalue weighted by molar-refractivity contribution is 7.90. The predicted octanol–water partition coefficient (Wildman–Crippen LogP) is 7.74. The molecule has 1 N–H and O–H groups in total. The van der Waals surface area contributed by atoms with E-state index < -0.39 is 30.1 Å². The minimum atomic E-state index is -4.35. The van der Waals surface area contributed by atoms with E-state index in [2.05, 4.69) is 34.4 Å². The van der Waals surface area contributed by atoms with E-state index in [-0.39, 0.29) is 92.0 Å². The molecular weight excluding hydrogens is 953 g/mol. The van der Waals surface area contributed by atoms with Crippen LogP contribution in [-0.4, -0.2) is 137 Å². The SMILES string of the molecule is C=Cc1ccc(CN2CCN(S(=O)(=O)c3cc(O)c4ccc5c(S(=O)(=O)N6CCN(Cc7ccc(C=C)cc7)CC6)cc(S(=O)(=O)N6CCN(Cc7ccc(C=C)cc7)CC6)c6ccc3c4c56)CC2)cc1. The summed E-state index contributed by atoms with van der Waals surface area (Å²) in [7, 11) is -12.9. The molecule has 0 aliphatic carbocycles. The van der Waals surface area contributed by atoms with Gasteiger partial charge in [-0.15, -0.1) is 0 Å². The molecule has 0 spiro atoms. The average Bonchev–Trinajstić information content (AvgIpc) is 3.39. The maximum atomic E-state index is 15.2. The second kappa shape index (κ2) is 19.7. The van der Waals surface area contributed by atoms with Crippen molar-refractivity contribution in [2.24, 2.45) is 0 Å². The Balaban J connectivity index is 1.01. The number of nitrogens with zero attached hydrogens (tertiary/aromatic N) is 6. The summed E-state index contributed by atoms with van der Waals surface area (Å²) < 4.78 is 94.5. The van der Waals surface area contributed by atoms with Crippen molar-refractivity contribution in [3.05, 3.63) is 162 Å². The van der Waals surface area contributed by atoms with E-state index in [1.165, 1.54) is 25.0 Å². The molecule has 0 saturated carbocycles. The van der Waals surface area contributed by atoms with Gasteiger partial charge >= 0.3 is 0 Å². The molecule has 0 aromatic heterocycles. The Labute approximate surface area is 417 Å². The third kappa shape index (κ3) is 9.44. The molecule has 368 valence electrons. The normalized spacial score (nSPS) is 17.9. The highest BCUT2D eigenvalue weighted by atomic mass is 32.2. The van der Waals surface area contributed by atoms with Crippen LogP contribution in [0.5, 0.6) is 5.75 Å². The van der Waals surface area contributed by atoms with E-state index in [0.29, 0.717) is 58.9 Å². The van der Waals surface area contributed by atoms with Crippen LogP contribution in [-0.2, 0) is 49.7 Å². The van der Waals surface area contributed by atoms with Crippen LogP contribution in [0.3, 0.4) is 0 Å². The molecule has 16 heteroatoms. The van der Waals surface area contributed by atoms with Crippen LogP contribution in [0.2, 0.25) is 0 Å². The first-order valence-electron chi connectivity index (χ1n) is 24.0. The average molecular weight is 1010 g/mol. The third-order valence-corrected chi connectivity index (χ3v) is 20.3. The Hall–Kier alpha value is -5.79. The van der Waals surface area contributed by atoms with Gasteiger partial charge in [0.25, 0.3) is 0 Å². The van der Waals surface area contributed by atoms with Gasteiger partial charge in [0.2, 0.25) is 30.1 Å². The summed E-state index contributed by atoms with van der Waals surface area (Å²) in [5.74, 6) is -0.310. The summed E-state index contributed by atoms with van der Waals surface area (Å²) in [5.41, 5.74) is 6.33. The number of sulfonamides is 3. The summed E-state index contributed by atoms with van der Waals surface area (Å²) in [6.45, 7) is 17.3. The minimum absolute atomic E-state index is 0.131. The van der Waals surface area contributed by atoms with Crippen LogP contribution < -0.4 is 0 Å². The molecule has 0 unspecified atom stereocenters. The van der Waals surface area contributed by atoms with Crippen molar-refractivity contribution >= 4 is 80.6 Å². The number of hydrogen-bond donors (Lipinski definition) is 1. The largest absolute Gasteiger partial charge is 0.507 e. The lowest BCUT2D eigenvalue weighted by molar-refractivity contribution is 0.181. The fourth-order valence-electron chi connectivity index (χ4n) is 10.4. The number of piperazine rings is 3. The van der Waals surface area contributed by atoms with Gasteiger partial charge in [-0.2, -0.15) is 12.9 Å². The molecule has 3 heterocycles. The first-order valence-corrected chi connectivity index (χ1v) is 28.3. The maximum Gasteiger partial charge on any atom is 0.243 e.